The summed E-state index contributed by atoms with van der Waals surface area (Å²) in [6.07, 6.45) is 48.9. The lowest BCUT2D eigenvalue weighted by atomic mass is 10.0. The van der Waals surface area contributed by atoms with Crippen LogP contribution in [0.5, 0.6) is 0 Å². The Morgan fingerprint density at radius 2 is 0.522 bits per heavy atom. The Hall–Kier alpha value is -0.190. The van der Waals surface area contributed by atoms with Crippen LogP contribution in [-0.2, 0) is 28.6 Å². The van der Waals surface area contributed by atoms with Gasteiger partial charge in [0.1, 0.15) is 13.2 Å². The summed E-state index contributed by atoms with van der Waals surface area (Å²) in [5.41, 5.74) is 0. The van der Waals surface area contributed by atoms with Crippen LogP contribution >= 0.6 is 50.5 Å². The van der Waals surface area contributed by atoms with E-state index >= 15 is 0 Å². The number of unbranched alkanes of at least 4 members (excludes halogenated alkanes) is 26. The molecule has 0 aliphatic heterocycles. The van der Waals surface area contributed by atoms with E-state index in [-0.39, 0.29) is 31.1 Å². The fourth-order valence-electron chi connectivity index (χ4n) is 8.89. The first-order valence-electron chi connectivity index (χ1n) is 28.8. The Balaban J connectivity index is 4.48. The van der Waals surface area contributed by atoms with Crippen molar-refractivity contribution in [1.29, 1.82) is 0 Å². The van der Waals surface area contributed by atoms with Gasteiger partial charge in [0.15, 0.2) is 6.10 Å². The van der Waals surface area contributed by atoms with Gasteiger partial charge in [0.2, 0.25) is 0 Å². The molecule has 0 aliphatic rings. The minimum absolute atomic E-state index is 0.0905. The predicted octanol–water partition coefficient (Wildman–Crippen LogP) is 18.4. The molecule has 10 heteroatoms. The maximum Gasteiger partial charge on any atom is 0.306 e. The van der Waals surface area contributed by atoms with Crippen molar-refractivity contribution in [3.8, 4) is 0 Å². The third-order valence-corrected chi connectivity index (χ3v) is 15.5. The molecule has 0 aliphatic carbocycles. The molecule has 5 atom stereocenters. The van der Waals surface area contributed by atoms with Crippen molar-refractivity contribution in [1.82, 2.24) is 0 Å². The van der Waals surface area contributed by atoms with E-state index in [0.717, 1.165) is 83.5 Å². The molecule has 6 nitrogen and oxygen atoms in total. The molecule has 0 spiro atoms. The van der Waals surface area contributed by atoms with Crippen molar-refractivity contribution in [3.63, 3.8) is 0 Å². The molecule has 0 saturated carbocycles. The van der Waals surface area contributed by atoms with Gasteiger partial charge in [0.25, 0.3) is 0 Å². The van der Waals surface area contributed by atoms with E-state index in [9.17, 15) is 14.4 Å². The van der Waals surface area contributed by atoms with Crippen LogP contribution in [0.4, 0.5) is 0 Å². The van der Waals surface area contributed by atoms with Crippen LogP contribution in [0.1, 0.15) is 303 Å². The highest BCUT2D eigenvalue weighted by Crippen LogP contribution is 2.22. The van der Waals surface area contributed by atoms with Gasteiger partial charge < -0.3 is 14.2 Å². The minimum Gasteiger partial charge on any atom is -0.462 e. The van der Waals surface area contributed by atoms with Crippen molar-refractivity contribution in [3.05, 3.63) is 0 Å². The Kier molecular flexibility index (Phi) is 52.0. The summed E-state index contributed by atoms with van der Waals surface area (Å²) in [6, 6.07) is 0. The molecule has 5 unspecified atom stereocenters. The third-order valence-electron chi connectivity index (χ3n) is 13.4. The van der Waals surface area contributed by atoms with E-state index in [2.05, 4.69) is 20.8 Å². The fraction of sp³-hybridized carbons (Fsp3) is 0.947. The van der Waals surface area contributed by atoms with Crippen LogP contribution < -0.4 is 0 Å². The Morgan fingerprint density at radius 1 is 0.299 bits per heavy atom. The van der Waals surface area contributed by atoms with E-state index in [1.165, 1.54) is 180 Å². The molecule has 398 valence electrons. The second-order valence-corrected chi connectivity index (χ2v) is 23.2. The van der Waals surface area contributed by atoms with Crippen LogP contribution in [0.2, 0.25) is 0 Å². The number of esters is 3. The van der Waals surface area contributed by atoms with Crippen molar-refractivity contribution in [2.45, 2.75) is 330 Å². The SMILES string of the molecule is CCCCCCCCC(S)CCCCCCCCC(=O)OCC(COC(=O)CCCCCCCC(S)CCCC(S)CCCCC)OC(=O)CCCCCCCCC(S)CCCCCCCC. The van der Waals surface area contributed by atoms with Crippen molar-refractivity contribution >= 4 is 68.4 Å². The Bertz CT molecular complexity index is 1080. The first-order chi connectivity index (χ1) is 32.6. The van der Waals surface area contributed by atoms with E-state index in [0.29, 0.717) is 40.3 Å². The van der Waals surface area contributed by atoms with Crippen LogP contribution in [0.25, 0.3) is 0 Å². The number of ether oxygens (including phenoxy) is 3. The van der Waals surface area contributed by atoms with Crippen LogP contribution in [-0.4, -0.2) is 58.2 Å². The number of thiol groups is 4. The first kappa shape index (κ1) is 66.8. The number of hydrogen-bond donors (Lipinski definition) is 4. The summed E-state index contributed by atoms with van der Waals surface area (Å²) in [6.45, 7) is 6.59. The van der Waals surface area contributed by atoms with Crippen molar-refractivity contribution in [2.75, 3.05) is 13.2 Å². The van der Waals surface area contributed by atoms with Gasteiger partial charge in [0, 0.05) is 40.3 Å². The molecule has 0 aromatic heterocycles. The lowest BCUT2D eigenvalue weighted by Crippen LogP contribution is -2.30. The first-order valence-corrected chi connectivity index (χ1v) is 30.9. The average Bonchev–Trinajstić information content (AvgIpc) is 3.30. The quantitative estimate of drug-likeness (QED) is 0.0210. The molecular formula is C57H110O6S4. The van der Waals surface area contributed by atoms with Crippen LogP contribution in [0.15, 0.2) is 0 Å². The number of carbonyl (C=O) groups excluding carboxylic acids is 3. The highest BCUT2D eigenvalue weighted by Gasteiger charge is 2.20. The molecule has 0 rings (SSSR count). The van der Waals surface area contributed by atoms with Gasteiger partial charge in [-0.2, -0.15) is 50.5 Å². The second-order valence-electron chi connectivity index (χ2n) is 20.3. The van der Waals surface area contributed by atoms with Gasteiger partial charge in [0.05, 0.1) is 0 Å². The highest BCUT2D eigenvalue weighted by atomic mass is 32.1. The van der Waals surface area contributed by atoms with Crippen LogP contribution in [0, 0.1) is 0 Å². The largest absolute Gasteiger partial charge is 0.462 e. The molecule has 0 saturated heterocycles. The Morgan fingerprint density at radius 3 is 0.836 bits per heavy atom. The molecule has 0 amide bonds. The van der Waals surface area contributed by atoms with E-state index < -0.39 is 6.10 Å². The highest BCUT2D eigenvalue weighted by molar-refractivity contribution is 7.81. The lowest BCUT2D eigenvalue weighted by molar-refractivity contribution is -0.167. The molecule has 0 aromatic rings. The molecular weight excluding hydrogens is 909 g/mol. The lowest BCUT2D eigenvalue weighted by Gasteiger charge is -2.18. The molecule has 0 aromatic carbocycles. The summed E-state index contributed by atoms with van der Waals surface area (Å²) >= 11 is 19.2. The normalized spacial score (nSPS) is 13.8. The van der Waals surface area contributed by atoms with Gasteiger partial charge in [-0.15, -0.1) is 0 Å². The molecule has 67 heavy (non-hydrogen) atoms. The molecule has 0 heterocycles. The van der Waals surface area contributed by atoms with E-state index in [1.54, 1.807) is 0 Å². The fourth-order valence-corrected chi connectivity index (χ4v) is 10.3. The summed E-state index contributed by atoms with van der Waals surface area (Å²) in [5.74, 6) is -0.914. The molecule has 0 N–H and O–H groups in total. The number of hydrogen-bond acceptors (Lipinski definition) is 10. The smallest absolute Gasteiger partial charge is 0.306 e. The summed E-state index contributed by atoms with van der Waals surface area (Å²) in [7, 11) is 0. The monoisotopic (exact) mass is 1020 g/mol. The topological polar surface area (TPSA) is 78.9 Å². The maximum atomic E-state index is 12.9. The van der Waals surface area contributed by atoms with E-state index in [1.807, 2.05) is 0 Å². The molecule has 0 radical (unpaired) electrons. The van der Waals surface area contributed by atoms with Gasteiger partial charge in [-0.25, -0.2) is 0 Å². The zero-order valence-corrected chi connectivity index (χ0v) is 47.7. The Labute approximate surface area is 438 Å². The van der Waals surface area contributed by atoms with E-state index in [4.69, 9.17) is 64.7 Å². The van der Waals surface area contributed by atoms with Crippen molar-refractivity contribution in [2.24, 2.45) is 0 Å². The average molecular weight is 1020 g/mol. The number of carbonyl (C=O) groups is 3. The third kappa shape index (κ3) is 50.5. The van der Waals surface area contributed by atoms with Crippen molar-refractivity contribution < 1.29 is 28.6 Å². The molecule has 0 fully saturated rings. The standard InChI is InChI=1S/C57H110O6S4/c1-4-7-10-12-19-28-38-51(64)40-30-21-14-16-24-33-45-55(58)61-48-50(63-57(60)47-35-25-17-15-22-31-41-52(65)39-29-20-13-11-8-5-2)49-62-56(59)46-34-26-18-23-32-42-54(67)44-36-43-53(66)37-27-9-6-3/h50-54,64-67H,4-49H2,1-3H3. The maximum absolute atomic E-state index is 12.9. The van der Waals surface area contributed by atoms with Crippen LogP contribution in [0.3, 0.4) is 0 Å². The predicted molar refractivity (Wildman–Crippen MR) is 303 cm³/mol. The van der Waals surface area contributed by atoms with Gasteiger partial charge in [-0.3, -0.25) is 14.4 Å². The zero-order chi connectivity index (χ0) is 49.3. The van der Waals surface area contributed by atoms with Gasteiger partial charge in [-0.05, 0) is 70.6 Å². The minimum atomic E-state index is -0.795. The van der Waals surface area contributed by atoms with Gasteiger partial charge >= 0.3 is 17.9 Å². The summed E-state index contributed by atoms with van der Waals surface area (Å²) < 4.78 is 16.9. The summed E-state index contributed by atoms with van der Waals surface area (Å²) in [4.78, 5) is 38.3. The van der Waals surface area contributed by atoms with Gasteiger partial charge in [-0.1, -0.05) is 213 Å². The zero-order valence-electron chi connectivity index (χ0n) is 44.2. The number of rotatable bonds is 53. The summed E-state index contributed by atoms with van der Waals surface area (Å²) in [5, 5.41) is 2.01. The second kappa shape index (κ2) is 52.1. The molecule has 0 bridgehead atoms.